The number of nitrogens with one attached hydrogen (secondary N) is 3. The SMILES string of the molecule is CCCCCCCCCCCC(=O)NC[C@@H]1NN[C@H](C)[C@@H](O)[C@H]1O. The van der Waals surface area contributed by atoms with Gasteiger partial charge in [-0.25, -0.2) is 5.43 Å². The third kappa shape index (κ3) is 8.42. The van der Waals surface area contributed by atoms with Crippen LogP contribution in [0.5, 0.6) is 0 Å². The Balaban J connectivity index is 1.98. The summed E-state index contributed by atoms with van der Waals surface area (Å²) in [4.78, 5) is 11.8. The van der Waals surface area contributed by atoms with E-state index in [9.17, 15) is 15.0 Å². The number of aliphatic hydroxyl groups is 2. The van der Waals surface area contributed by atoms with Crippen LogP contribution in [0, 0.1) is 0 Å². The molecule has 1 fully saturated rings. The first-order valence-electron chi connectivity index (χ1n) is 9.70. The molecule has 6 nitrogen and oxygen atoms in total. The highest BCUT2D eigenvalue weighted by molar-refractivity contribution is 5.75. The molecule has 142 valence electrons. The molecule has 0 unspecified atom stereocenters. The molecule has 0 radical (unpaired) electrons. The van der Waals surface area contributed by atoms with Gasteiger partial charge in [0, 0.05) is 19.0 Å². The monoisotopic (exact) mass is 343 g/mol. The van der Waals surface area contributed by atoms with E-state index >= 15 is 0 Å². The van der Waals surface area contributed by atoms with E-state index in [4.69, 9.17) is 0 Å². The summed E-state index contributed by atoms with van der Waals surface area (Å²) in [5.41, 5.74) is 5.84. The van der Waals surface area contributed by atoms with Gasteiger partial charge in [0.25, 0.3) is 0 Å². The van der Waals surface area contributed by atoms with Crippen molar-refractivity contribution >= 4 is 5.91 Å². The number of hydrazine groups is 1. The molecule has 0 spiro atoms. The minimum atomic E-state index is -0.880. The quantitative estimate of drug-likeness (QED) is 0.347. The maximum Gasteiger partial charge on any atom is 0.220 e. The number of aliphatic hydroxyl groups excluding tert-OH is 2. The molecular weight excluding hydrogens is 306 g/mol. The maximum atomic E-state index is 11.8. The van der Waals surface area contributed by atoms with Gasteiger partial charge in [0.2, 0.25) is 5.91 Å². The first-order chi connectivity index (χ1) is 11.6. The number of carbonyl (C=O) groups is 1. The average molecular weight is 344 g/mol. The summed E-state index contributed by atoms with van der Waals surface area (Å²) in [5.74, 6) is 0.0139. The van der Waals surface area contributed by atoms with Crippen LogP contribution >= 0.6 is 0 Å². The van der Waals surface area contributed by atoms with E-state index in [0.29, 0.717) is 13.0 Å². The Bertz CT molecular complexity index is 341. The van der Waals surface area contributed by atoms with Gasteiger partial charge in [-0.3, -0.25) is 10.2 Å². The fraction of sp³-hybridized carbons (Fsp3) is 0.944. The smallest absolute Gasteiger partial charge is 0.220 e. The fourth-order valence-corrected chi connectivity index (χ4v) is 3.02. The van der Waals surface area contributed by atoms with Crippen LogP contribution in [-0.2, 0) is 4.79 Å². The normalized spacial score (nSPS) is 27.2. The molecule has 0 aromatic carbocycles. The summed E-state index contributed by atoms with van der Waals surface area (Å²) >= 11 is 0. The van der Waals surface area contributed by atoms with E-state index in [1.54, 1.807) is 6.92 Å². The number of carbonyl (C=O) groups excluding carboxylic acids is 1. The van der Waals surface area contributed by atoms with E-state index in [1.165, 1.54) is 44.9 Å². The molecule has 1 aliphatic rings. The number of hydrogen-bond acceptors (Lipinski definition) is 5. The molecule has 0 saturated carbocycles. The van der Waals surface area contributed by atoms with Crippen LogP contribution in [0.3, 0.4) is 0 Å². The van der Waals surface area contributed by atoms with Crippen molar-refractivity contribution in [2.75, 3.05) is 6.54 Å². The molecule has 0 bridgehead atoms. The van der Waals surface area contributed by atoms with E-state index in [-0.39, 0.29) is 18.0 Å². The molecule has 6 heteroatoms. The Morgan fingerprint density at radius 3 is 2.12 bits per heavy atom. The van der Waals surface area contributed by atoms with Gasteiger partial charge in [0.15, 0.2) is 0 Å². The van der Waals surface area contributed by atoms with Crippen LogP contribution in [0.4, 0.5) is 0 Å². The van der Waals surface area contributed by atoms with Crippen molar-refractivity contribution in [1.82, 2.24) is 16.2 Å². The Kier molecular flexibility index (Phi) is 11.2. The van der Waals surface area contributed by atoms with E-state index in [1.807, 2.05) is 0 Å². The Labute approximate surface area is 146 Å². The molecule has 0 aromatic rings. The summed E-state index contributed by atoms with van der Waals surface area (Å²) < 4.78 is 0. The van der Waals surface area contributed by atoms with Gasteiger partial charge in [-0.1, -0.05) is 58.3 Å². The molecule has 1 aliphatic heterocycles. The van der Waals surface area contributed by atoms with Crippen molar-refractivity contribution in [2.24, 2.45) is 0 Å². The van der Waals surface area contributed by atoms with Crippen LogP contribution in [0.15, 0.2) is 0 Å². The lowest BCUT2D eigenvalue weighted by Gasteiger charge is -2.37. The van der Waals surface area contributed by atoms with E-state index < -0.39 is 12.2 Å². The highest BCUT2D eigenvalue weighted by Gasteiger charge is 2.34. The van der Waals surface area contributed by atoms with Crippen LogP contribution in [0.1, 0.15) is 78.1 Å². The highest BCUT2D eigenvalue weighted by Crippen LogP contribution is 2.11. The molecule has 24 heavy (non-hydrogen) atoms. The minimum Gasteiger partial charge on any atom is -0.389 e. The third-order valence-electron chi connectivity index (χ3n) is 4.80. The standard InChI is InChI=1S/C18H37N3O3/c1-3-4-5-6-7-8-9-10-11-12-16(22)19-13-15-18(24)17(23)14(2)20-21-15/h14-15,17-18,20-21,23-24H,3-13H2,1-2H3,(H,19,22)/t14-,15+,17-,18+/m1/s1. The molecular formula is C18H37N3O3. The molecule has 1 heterocycles. The van der Waals surface area contributed by atoms with Crippen molar-refractivity contribution in [1.29, 1.82) is 0 Å². The van der Waals surface area contributed by atoms with Gasteiger partial charge >= 0.3 is 0 Å². The van der Waals surface area contributed by atoms with Gasteiger partial charge < -0.3 is 15.5 Å². The largest absolute Gasteiger partial charge is 0.389 e. The Morgan fingerprint density at radius 1 is 0.917 bits per heavy atom. The first-order valence-corrected chi connectivity index (χ1v) is 9.70. The fourth-order valence-electron chi connectivity index (χ4n) is 3.02. The first kappa shape index (κ1) is 21.4. The average Bonchev–Trinajstić information content (AvgIpc) is 2.57. The van der Waals surface area contributed by atoms with Gasteiger partial charge in [-0.2, -0.15) is 0 Å². The van der Waals surface area contributed by atoms with Crippen molar-refractivity contribution in [3.05, 3.63) is 0 Å². The molecule has 0 aromatic heterocycles. The van der Waals surface area contributed by atoms with Crippen molar-refractivity contribution in [2.45, 2.75) is 102 Å². The van der Waals surface area contributed by atoms with Crippen LogP contribution in [-0.4, -0.2) is 47.0 Å². The summed E-state index contributed by atoms with van der Waals surface area (Å²) in [6.07, 6.45) is 9.94. The van der Waals surface area contributed by atoms with Gasteiger partial charge in [-0.05, 0) is 13.3 Å². The van der Waals surface area contributed by atoms with Crippen LogP contribution < -0.4 is 16.2 Å². The zero-order valence-corrected chi connectivity index (χ0v) is 15.4. The van der Waals surface area contributed by atoms with E-state index in [2.05, 4.69) is 23.1 Å². The molecule has 1 amide bonds. The third-order valence-corrected chi connectivity index (χ3v) is 4.80. The number of hydrogen-bond donors (Lipinski definition) is 5. The second-order valence-electron chi connectivity index (χ2n) is 7.05. The maximum absolute atomic E-state index is 11.8. The summed E-state index contributed by atoms with van der Waals surface area (Å²) in [6.45, 7) is 4.34. The summed E-state index contributed by atoms with van der Waals surface area (Å²) in [7, 11) is 0. The van der Waals surface area contributed by atoms with Crippen LogP contribution in [0.25, 0.3) is 0 Å². The van der Waals surface area contributed by atoms with Gasteiger partial charge in [-0.15, -0.1) is 0 Å². The predicted octanol–water partition coefficient (Wildman–Crippen LogP) is 1.61. The Hall–Kier alpha value is -0.690. The zero-order chi connectivity index (χ0) is 17.8. The minimum absolute atomic E-state index is 0.0139. The van der Waals surface area contributed by atoms with Crippen LogP contribution in [0.2, 0.25) is 0 Å². The lowest BCUT2D eigenvalue weighted by atomic mass is 9.98. The molecule has 1 rings (SSSR count). The lowest BCUT2D eigenvalue weighted by molar-refractivity contribution is -0.122. The summed E-state index contributed by atoms with van der Waals surface area (Å²) in [5, 5.41) is 22.6. The highest BCUT2D eigenvalue weighted by atomic mass is 16.3. The zero-order valence-electron chi connectivity index (χ0n) is 15.4. The number of amides is 1. The second kappa shape index (κ2) is 12.6. The van der Waals surface area contributed by atoms with E-state index in [0.717, 1.165) is 12.8 Å². The number of unbranched alkanes of at least 4 members (excludes halogenated alkanes) is 8. The molecule has 0 aliphatic carbocycles. The topological polar surface area (TPSA) is 93.6 Å². The lowest BCUT2D eigenvalue weighted by Crippen LogP contribution is -2.67. The number of rotatable bonds is 12. The summed E-state index contributed by atoms with van der Waals surface area (Å²) in [6, 6.07) is -0.586. The molecule has 1 saturated heterocycles. The van der Waals surface area contributed by atoms with Gasteiger partial charge in [0.05, 0.1) is 18.2 Å². The molecule has 4 atom stereocenters. The second-order valence-corrected chi connectivity index (χ2v) is 7.05. The van der Waals surface area contributed by atoms with Crippen molar-refractivity contribution in [3.63, 3.8) is 0 Å². The van der Waals surface area contributed by atoms with Crippen molar-refractivity contribution in [3.8, 4) is 0 Å². The van der Waals surface area contributed by atoms with Crippen molar-refractivity contribution < 1.29 is 15.0 Å². The molecule has 5 N–H and O–H groups in total. The predicted molar refractivity (Wildman–Crippen MR) is 96.4 cm³/mol. The van der Waals surface area contributed by atoms with Gasteiger partial charge in [0.1, 0.15) is 0 Å². The Morgan fingerprint density at radius 2 is 1.50 bits per heavy atom.